The number of halogens is 1. The van der Waals surface area contributed by atoms with Crippen molar-refractivity contribution in [1.82, 2.24) is 4.90 Å². The number of likely N-dealkylation sites (tertiary alicyclic amines) is 1. The molecule has 0 amide bonds. The van der Waals surface area contributed by atoms with Crippen molar-refractivity contribution in [3.8, 4) is 0 Å². The molecule has 0 saturated carbocycles. The first kappa shape index (κ1) is 16.7. The Balaban J connectivity index is 0. The lowest BCUT2D eigenvalue weighted by atomic mass is 9.99. The Morgan fingerprint density at radius 3 is 2.07 bits per heavy atom. The van der Waals surface area contributed by atoms with Crippen LogP contribution in [0.2, 0.25) is 0 Å². The molecule has 85 valence electrons. The van der Waals surface area contributed by atoms with Crippen molar-refractivity contribution in [2.24, 2.45) is 5.92 Å². The van der Waals surface area contributed by atoms with Crippen LogP contribution in [0.3, 0.4) is 0 Å². The van der Waals surface area contributed by atoms with E-state index in [4.69, 9.17) is 10.0 Å². The SMILES string of the molecule is CCCN1CCC(C)CC1.Cl.O[B]O. The van der Waals surface area contributed by atoms with Crippen LogP contribution >= 0.6 is 12.4 Å². The Labute approximate surface area is 94.2 Å². The van der Waals surface area contributed by atoms with Crippen LogP contribution in [0.5, 0.6) is 0 Å². The van der Waals surface area contributed by atoms with E-state index >= 15 is 0 Å². The van der Waals surface area contributed by atoms with E-state index in [0.717, 1.165) is 5.92 Å². The zero-order chi connectivity index (χ0) is 10.1. The van der Waals surface area contributed by atoms with Crippen LogP contribution in [0.25, 0.3) is 0 Å². The van der Waals surface area contributed by atoms with E-state index in [-0.39, 0.29) is 20.1 Å². The van der Waals surface area contributed by atoms with E-state index in [9.17, 15) is 0 Å². The second-order valence-electron chi connectivity index (χ2n) is 3.64. The van der Waals surface area contributed by atoms with Gasteiger partial charge in [-0.05, 0) is 44.8 Å². The van der Waals surface area contributed by atoms with Gasteiger partial charge < -0.3 is 14.9 Å². The highest BCUT2D eigenvalue weighted by Gasteiger charge is 2.13. The van der Waals surface area contributed by atoms with Gasteiger partial charge >= 0.3 is 7.69 Å². The summed E-state index contributed by atoms with van der Waals surface area (Å²) >= 11 is 0. The second-order valence-corrected chi connectivity index (χ2v) is 3.64. The molecule has 1 radical (unpaired) electrons. The number of piperidine rings is 1. The summed E-state index contributed by atoms with van der Waals surface area (Å²) in [5.74, 6) is 0.980. The van der Waals surface area contributed by atoms with E-state index in [0.29, 0.717) is 0 Å². The van der Waals surface area contributed by atoms with Crippen LogP contribution in [0.4, 0.5) is 0 Å². The first-order chi connectivity index (χ1) is 6.24. The van der Waals surface area contributed by atoms with Crippen molar-refractivity contribution < 1.29 is 10.0 Å². The highest BCUT2D eigenvalue weighted by atomic mass is 35.5. The molecule has 0 aromatic carbocycles. The fourth-order valence-corrected chi connectivity index (χ4v) is 1.60. The molecule has 0 aliphatic carbocycles. The number of rotatable bonds is 2. The lowest BCUT2D eigenvalue weighted by Crippen LogP contribution is -2.33. The van der Waals surface area contributed by atoms with Crippen LogP contribution in [-0.4, -0.2) is 42.3 Å². The number of nitrogens with zero attached hydrogens (tertiary/aromatic N) is 1. The minimum absolute atomic E-state index is 0. The molecule has 1 fully saturated rings. The molecular weight excluding hydrogens is 200 g/mol. The van der Waals surface area contributed by atoms with Gasteiger partial charge in [-0.2, -0.15) is 0 Å². The van der Waals surface area contributed by atoms with Gasteiger partial charge in [0.05, 0.1) is 0 Å². The Bertz CT molecular complexity index is 111. The summed E-state index contributed by atoms with van der Waals surface area (Å²) in [6, 6.07) is 0. The molecular formula is C9H22BClNO2. The molecule has 1 saturated heterocycles. The zero-order valence-electron chi connectivity index (χ0n) is 9.15. The van der Waals surface area contributed by atoms with E-state index in [1.54, 1.807) is 0 Å². The quantitative estimate of drug-likeness (QED) is 0.687. The monoisotopic (exact) mass is 222 g/mol. The first-order valence-corrected chi connectivity index (χ1v) is 5.07. The largest absolute Gasteiger partial charge is 0.482 e. The Kier molecular flexibility index (Phi) is 13.5. The predicted octanol–water partition coefficient (Wildman–Crippen LogP) is 1.06. The van der Waals surface area contributed by atoms with Gasteiger partial charge in [0, 0.05) is 0 Å². The maximum atomic E-state index is 7.00. The fraction of sp³-hybridized carbons (Fsp3) is 1.00. The summed E-state index contributed by atoms with van der Waals surface area (Å²) < 4.78 is 0. The molecule has 0 aromatic heterocycles. The molecule has 0 aromatic rings. The van der Waals surface area contributed by atoms with Gasteiger partial charge in [0.25, 0.3) is 0 Å². The van der Waals surface area contributed by atoms with Crippen LogP contribution in [0, 0.1) is 5.92 Å². The molecule has 0 unspecified atom stereocenters. The molecule has 1 rings (SSSR count). The van der Waals surface area contributed by atoms with Gasteiger partial charge in [-0.3, -0.25) is 0 Å². The van der Waals surface area contributed by atoms with Crippen molar-refractivity contribution in [2.45, 2.75) is 33.1 Å². The van der Waals surface area contributed by atoms with Gasteiger partial charge in [0.1, 0.15) is 0 Å². The van der Waals surface area contributed by atoms with Crippen LogP contribution < -0.4 is 0 Å². The van der Waals surface area contributed by atoms with Gasteiger partial charge in [-0.25, -0.2) is 0 Å². The molecule has 1 heterocycles. The third-order valence-electron chi connectivity index (χ3n) is 2.42. The molecule has 1 aliphatic heterocycles. The molecule has 5 heteroatoms. The molecule has 0 spiro atoms. The van der Waals surface area contributed by atoms with E-state index < -0.39 is 0 Å². The summed E-state index contributed by atoms with van der Waals surface area (Å²) in [6.07, 6.45) is 4.15. The second kappa shape index (κ2) is 11.3. The fourth-order valence-electron chi connectivity index (χ4n) is 1.60. The Morgan fingerprint density at radius 2 is 1.71 bits per heavy atom. The molecule has 2 N–H and O–H groups in total. The van der Waals surface area contributed by atoms with Crippen molar-refractivity contribution in [3.05, 3.63) is 0 Å². The van der Waals surface area contributed by atoms with Gasteiger partial charge in [0.15, 0.2) is 0 Å². The van der Waals surface area contributed by atoms with Crippen molar-refractivity contribution in [3.63, 3.8) is 0 Å². The van der Waals surface area contributed by atoms with Crippen molar-refractivity contribution in [2.75, 3.05) is 19.6 Å². The average molecular weight is 223 g/mol. The molecule has 1 aliphatic rings. The van der Waals surface area contributed by atoms with Crippen LogP contribution in [0.15, 0.2) is 0 Å². The van der Waals surface area contributed by atoms with E-state index in [1.807, 2.05) is 0 Å². The standard InChI is InChI=1S/C9H19N.BH2O2.ClH/c1-3-6-10-7-4-9(2)5-8-10;2-1-3;/h9H,3-8H2,1-2H3;2-3H;1H. The topological polar surface area (TPSA) is 43.7 Å². The third kappa shape index (κ3) is 8.82. The summed E-state index contributed by atoms with van der Waals surface area (Å²) in [7, 11) is 0. The van der Waals surface area contributed by atoms with Gasteiger partial charge in [0.2, 0.25) is 0 Å². The molecule has 3 nitrogen and oxygen atoms in total. The van der Waals surface area contributed by atoms with E-state index in [2.05, 4.69) is 18.7 Å². The first-order valence-electron chi connectivity index (χ1n) is 5.07. The molecule has 0 atom stereocenters. The normalized spacial score (nSPS) is 17.7. The van der Waals surface area contributed by atoms with Crippen LogP contribution in [0.1, 0.15) is 33.1 Å². The highest BCUT2D eigenvalue weighted by molar-refractivity contribution is 6.13. The average Bonchev–Trinajstić information content (AvgIpc) is 2.11. The summed E-state index contributed by atoms with van der Waals surface area (Å²) in [6.45, 7) is 8.62. The maximum absolute atomic E-state index is 7.00. The van der Waals surface area contributed by atoms with Crippen molar-refractivity contribution >= 4 is 20.1 Å². The Hall–Kier alpha value is 0.235. The summed E-state index contributed by atoms with van der Waals surface area (Å²) in [5.41, 5.74) is 0. The van der Waals surface area contributed by atoms with E-state index in [1.165, 1.54) is 38.9 Å². The lowest BCUT2D eigenvalue weighted by Gasteiger charge is -2.29. The Morgan fingerprint density at radius 1 is 1.29 bits per heavy atom. The van der Waals surface area contributed by atoms with Gasteiger partial charge in [-0.15, -0.1) is 12.4 Å². The third-order valence-corrected chi connectivity index (χ3v) is 2.42. The number of hydrogen-bond acceptors (Lipinski definition) is 3. The minimum atomic E-state index is 0. The summed E-state index contributed by atoms with van der Waals surface area (Å²) in [5, 5.41) is 14.0. The minimum Gasteiger partial charge on any atom is -0.429 e. The molecule has 0 bridgehead atoms. The predicted molar refractivity (Wildman–Crippen MR) is 62.6 cm³/mol. The summed E-state index contributed by atoms with van der Waals surface area (Å²) in [4.78, 5) is 2.58. The zero-order valence-corrected chi connectivity index (χ0v) is 9.96. The molecule has 14 heavy (non-hydrogen) atoms. The van der Waals surface area contributed by atoms with Gasteiger partial charge in [-0.1, -0.05) is 13.8 Å². The highest BCUT2D eigenvalue weighted by Crippen LogP contribution is 2.15. The lowest BCUT2D eigenvalue weighted by molar-refractivity contribution is 0.193. The van der Waals surface area contributed by atoms with Crippen LogP contribution in [-0.2, 0) is 0 Å². The number of hydrogen-bond donors (Lipinski definition) is 2. The maximum Gasteiger partial charge on any atom is 0.482 e. The van der Waals surface area contributed by atoms with Crippen molar-refractivity contribution in [1.29, 1.82) is 0 Å². The smallest absolute Gasteiger partial charge is 0.429 e.